The van der Waals surface area contributed by atoms with Crippen molar-refractivity contribution in [3.8, 4) is 0 Å². The van der Waals surface area contributed by atoms with Gasteiger partial charge in [0.05, 0.1) is 13.5 Å². The van der Waals surface area contributed by atoms with E-state index >= 15 is 0 Å². The van der Waals surface area contributed by atoms with Crippen LogP contribution in [-0.2, 0) is 26.6 Å². The minimum absolute atomic E-state index is 0.0245. The van der Waals surface area contributed by atoms with Crippen LogP contribution in [-0.4, -0.2) is 33.8 Å². The monoisotopic (exact) mass is 382 g/mol. The summed E-state index contributed by atoms with van der Waals surface area (Å²) in [5.74, 6) is 0.269. The van der Waals surface area contributed by atoms with Crippen LogP contribution in [0.25, 0.3) is 0 Å². The number of amides is 1. The highest BCUT2D eigenvalue weighted by atomic mass is 35.5. The van der Waals surface area contributed by atoms with Crippen LogP contribution in [0.3, 0.4) is 0 Å². The van der Waals surface area contributed by atoms with Gasteiger partial charge in [0.25, 0.3) is 0 Å². The molecule has 1 amide bonds. The Morgan fingerprint density at radius 1 is 1.28 bits per heavy atom. The fourth-order valence-electron chi connectivity index (χ4n) is 2.04. The molecule has 9 heteroatoms. The van der Waals surface area contributed by atoms with Gasteiger partial charge in [-0.15, -0.1) is 10.2 Å². The second kappa shape index (κ2) is 9.43. The molecule has 2 aromatic rings. The number of halogens is 1. The standard InChI is InChI=1S/C16H19ClN4O3S/c1-3-21-15(18-13(22)8-9-14(23)24-2)19-20-16(21)25-10-11-6-4-5-7-12(11)17/h4-7H,3,8-10H2,1-2H3,(H,18,19,22). The lowest BCUT2D eigenvalue weighted by molar-refractivity contribution is -0.141. The van der Waals surface area contributed by atoms with Crippen molar-refractivity contribution < 1.29 is 14.3 Å². The van der Waals surface area contributed by atoms with Gasteiger partial charge in [-0.2, -0.15) is 0 Å². The summed E-state index contributed by atoms with van der Waals surface area (Å²) in [5.41, 5.74) is 1.00. The highest BCUT2D eigenvalue weighted by molar-refractivity contribution is 7.98. The van der Waals surface area contributed by atoms with Crippen molar-refractivity contribution >= 4 is 41.2 Å². The van der Waals surface area contributed by atoms with E-state index in [1.807, 2.05) is 31.2 Å². The normalized spacial score (nSPS) is 10.5. The predicted molar refractivity (Wildman–Crippen MR) is 96.6 cm³/mol. The molecular weight excluding hydrogens is 364 g/mol. The number of hydrogen-bond donors (Lipinski definition) is 1. The summed E-state index contributed by atoms with van der Waals surface area (Å²) in [7, 11) is 1.29. The number of rotatable bonds is 8. The van der Waals surface area contributed by atoms with Gasteiger partial charge < -0.3 is 4.74 Å². The minimum Gasteiger partial charge on any atom is -0.469 e. The molecule has 25 heavy (non-hydrogen) atoms. The van der Waals surface area contributed by atoms with E-state index in [0.717, 1.165) is 5.56 Å². The molecule has 0 fully saturated rings. The molecule has 0 saturated carbocycles. The van der Waals surface area contributed by atoms with Crippen LogP contribution in [0.5, 0.6) is 0 Å². The molecule has 134 valence electrons. The Bertz CT molecular complexity index is 751. The summed E-state index contributed by atoms with van der Waals surface area (Å²) in [6.45, 7) is 2.54. The van der Waals surface area contributed by atoms with Crippen molar-refractivity contribution in [1.29, 1.82) is 0 Å². The largest absolute Gasteiger partial charge is 0.469 e. The number of aromatic nitrogens is 3. The van der Waals surface area contributed by atoms with Crippen LogP contribution in [0.4, 0.5) is 5.95 Å². The Balaban J connectivity index is 1.99. The molecule has 0 bridgehead atoms. The Kier molecular flexibility index (Phi) is 7.27. The van der Waals surface area contributed by atoms with E-state index in [-0.39, 0.29) is 18.7 Å². The molecule has 2 rings (SSSR count). The molecule has 0 unspecified atom stereocenters. The molecule has 1 heterocycles. The van der Waals surface area contributed by atoms with Gasteiger partial charge in [0.2, 0.25) is 11.9 Å². The van der Waals surface area contributed by atoms with Gasteiger partial charge >= 0.3 is 5.97 Å². The molecule has 7 nitrogen and oxygen atoms in total. The first-order valence-corrected chi connectivity index (χ1v) is 9.07. The van der Waals surface area contributed by atoms with Crippen LogP contribution in [0.15, 0.2) is 29.4 Å². The Hall–Kier alpha value is -2.06. The lowest BCUT2D eigenvalue weighted by Crippen LogP contribution is -2.17. The molecule has 0 aliphatic heterocycles. The number of benzene rings is 1. The average Bonchev–Trinajstić information content (AvgIpc) is 3.00. The number of anilines is 1. The van der Waals surface area contributed by atoms with Crippen molar-refractivity contribution in [2.24, 2.45) is 0 Å². The van der Waals surface area contributed by atoms with Crippen molar-refractivity contribution in [2.45, 2.75) is 37.2 Å². The lowest BCUT2D eigenvalue weighted by atomic mass is 10.2. The number of thioether (sulfide) groups is 1. The number of methoxy groups -OCH3 is 1. The van der Waals surface area contributed by atoms with E-state index in [9.17, 15) is 9.59 Å². The molecule has 1 aromatic heterocycles. The van der Waals surface area contributed by atoms with Crippen molar-refractivity contribution in [1.82, 2.24) is 14.8 Å². The van der Waals surface area contributed by atoms with Crippen LogP contribution >= 0.6 is 23.4 Å². The van der Waals surface area contributed by atoms with Crippen LogP contribution in [0, 0.1) is 0 Å². The topological polar surface area (TPSA) is 86.1 Å². The van der Waals surface area contributed by atoms with Gasteiger partial charge in [0.1, 0.15) is 0 Å². The number of esters is 1. The van der Waals surface area contributed by atoms with Crippen molar-refractivity contribution in [3.63, 3.8) is 0 Å². The zero-order valence-electron chi connectivity index (χ0n) is 14.0. The Morgan fingerprint density at radius 3 is 2.72 bits per heavy atom. The van der Waals surface area contributed by atoms with E-state index in [0.29, 0.717) is 28.4 Å². The molecule has 0 atom stereocenters. The number of nitrogens with one attached hydrogen (secondary N) is 1. The fourth-order valence-corrected chi connectivity index (χ4v) is 3.32. The highest BCUT2D eigenvalue weighted by Gasteiger charge is 2.15. The maximum atomic E-state index is 11.9. The first-order valence-electron chi connectivity index (χ1n) is 7.71. The molecule has 0 spiro atoms. The van der Waals surface area contributed by atoms with Gasteiger partial charge in [-0.05, 0) is 18.6 Å². The van der Waals surface area contributed by atoms with Gasteiger partial charge in [-0.3, -0.25) is 19.5 Å². The Labute approximate surface area is 155 Å². The molecule has 1 N–H and O–H groups in total. The fraction of sp³-hybridized carbons (Fsp3) is 0.375. The second-order valence-electron chi connectivity index (χ2n) is 5.05. The summed E-state index contributed by atoms with van der Waals surface area (Å²) >= 11 is 7.65. The summed E-state index contributed by atoms with van der Waals surface area (Å²) in [4.78, 5) is 23.0. The van der Waals surface area contributed by atoms with Crippen LogP contribution in [0.2, 0.25) is 5.02 Å². The molecule has 1 aromatic carbocycles. The molecule has 0 aliphatic rings. The number of hydrogen-bond acceptors (Lipinski definition) is 6. The third-order valence-corrected chi connectivity index (χ3v) is 4.77. The first kappa shape index (κ1) is 19.3. The first-order chi connectivity index (χ1) is 12.0. The molecule has 0 radical (unpaired) electrons. The predicted octanol–water partition coefficient (Wildman–Crippen LogP) is 3.14. The molecule has 0 saturated heterocycles. The third-order valence-electron chi connectivity index (χ3n) is 3.38. The van der Waals surface area contributed by atoms with Gasteiger partial charge in [-0.25, -0.2) is 0 Å². The van der Waals surface area contributed by atoms with Crippen LogP contribution in [0.1, 0.15) is 25.3 Å². The minimum atomic E-state index is -0.428. The average molecular weight is 383 g/mol. The summed E-state index contributed by atoms with van der Waals surface area (Å²) < 4.78 is 6.32. The lowest BCUT2D eigenvalue weighted by Gasteiger charge is -2.08. The van der Waals surface area contributed by atoms with Gasteiger partial charge in [-0.1, -0.05) is 41.6 Å². The zero-order valence-corrected chi connectivity index (χ0v) is 15.6. The van der Waals surface area contributed by atoms with E-state index in [2.05, 4.69) is 20.3 Å². The SMILES string of the molecule is CCn1c(NC(=O)CCC(=O)OC)nnc1SCc1ccccc1Cl. The Morgan fingerprint density at radius 2 is 2.04 bits per heavy atom. The van der Waals surface area contributed by atoms with Crippen molar-refractivity contribution in [2.75, 3.05) is 12.4 Å². The van der Waals surface area contributed by atoms with E-state index in [1.165, 1.54) is 18.9 Å². The zero-order chi connectivity index (χ0) is 18.2. The highest BCUT2D eigenvalue weighted by Crippen LogP contribution is 2.27. The van der Waals surface area contributed by atoms with E-state index in [4.69, 9.17) is 11.6 Å². The number of carbonyl (C=O) groups is 2. The number of nitrogens with zero attached hydrogens (tertiary/aromatic N) is 3. The van der Waals surface area contributed by atoms with Crippen molar-refractivity contribution in [3.05, 3.63) is 34.9 Å². The summed E-state index contributed by atoms with van der Waals surface area (Å²) in [6, 6.07) is 7.61. The third kappa shape index (κ3) is 5.47. The van der Waals surface area contributed by atoms with Gasteiger partial charge in [0, 0.05) is 23.7 Å². The number of carbonyl (C=O) groups excluding carboxylic acids is 2. The quantitative estimate of drug-likeness (QED) is 0.557. The molecular formula is C16H19ClN4O3S. The summed E-state index contributed by atoms with van der Waals surface area (Å²) in [6.07, 6.45) is 0.0576. The second-order valence-corrected chi connectivity index (χ2v) is 6.40. The van der Waals surface area contributed by atoms with E-state index < -0.39 is 5.97 Å². The van der Waals surface area contributed by atoms with Crippen LogP contribution < -0.4 is 5.32 Å². The smallest absolute Gasteiger partial charge is 0.306 e. The number of ether oxygens (including phenoxy) is 1. The maximum Gasteiger partial charge on any atom is 0.306 e. The summed E-state index contributed by atoms with van der Waals surface area (Å²) in [5, 5.41) is 12.2. The molecule has 0 aliphatic carbocycles. The maximum absolute atomic E-state index is 11.9. The van der Waals surface area contributed by atoms with E-state index in [1.54, 1.807) is 4.57 Å². The van der Waals surface area contributed by atoms with Gasteiger partial charge in [0.15, 0.2) is 5.16 Å².